The zero-order valence-electron chi connectivity index (χ0n) is 18.7. The predicted molar refractivity (Wildman–Crippen MR) is 131 cm³/mol. The maximum atomic E-state index is 13.2. The number of para-hydroxylation sites is 1. The first-order valence-electron chi connectivity index (χ1n) is 11.7. The van der Waals surface area contributed by atoms with Crippen molar-refractivity contribution in [2.45, 2.75) is 25.8 Å². The van der Waals surface area contributed by atoms with Crippen LogP contribution in [0.1, 0.15) is 34.3 Å². The van der Waals surface area contributed by atoms with Gasteiger partial charge in [0.2, 0.25) is 5.91 Å². The van der Waals surface area contributed by atoms with Crippen LogP contribution < -0.4 is 10.6 Å². The number of piperidine rings is 1. The van der Waals surface area contributed by atoms with Gasteiger partial charge in [0, 0.05) is 43.3 Å². The fraction of sp³-hybridized carbons (Fsp3) is 0.286. The van der Waals surface area contributed by atoms with Gasteiger partial charge in [-0.1, -0.05) is 54.6 Å². The van der Waals surface area contributed by atoms with Crippen molar-refractivity contribution in [2.75, 3.05) is 24.5 Å². The van der Waals surface area contributed by atoms with Crippen molar-refractivity contribution in [1.82, 2.24) is 4.90 Å². The summed E-state index contributed by atoms with van der Waals surface area (Å²) < 4.78 is 0. The van der Waals surface area contributed by atoms with E-state index >= 15 is 0 Å². The number of fused-ring (bicyclic) bond motifs is 1. The van der Waals surface area contributed by atoms with Crippen LogP contribution in [0.25, 0.3) is 11.1 Å². The summed E-state index contributed by atoms with van der Waals surface area (Å²) in [6.45, 7) is 2.50. The highest BCUT2D eigenvalue weighted by Crippen LogP contribution is 2.31. The first-order chi connectivity index (χ1) is 16.1. The molecule has 2 aliphatic rings. The Hall–Kier alpha value is -3.44. The second-order valence-electron chi connectivity index (χ2n) is 8.92. The summed E-state index contributed by atoms with van der Waals surface area (Å²) >= 11 is 0. The molecule has 0 atom stereocenters. The first kappa shape index (κ1) is 21.4. The first-order valence-corrected chi connectivity index (χ1v) is 11.7. The number of benzene rings is 3. The highest BCUT2D eigenvalue weighted by molar-refractivity contribution is 5.98. The zero-order chi connectivity index (χ0) is 22.8. The molecule has 2 aliphatic heterocycles. The third-order valence-electron chi connectivity index (χ3n) is 6.92. The van der Waals surface area contributed by atoms with Crippen molar-refractivity contribution in [3.63, 3.8) is 0 Å². The van der Waals surface area contributed by atoms with E-state index in [-0.39, 0.29) is 17.7 Å². The summed E-state index contributed by atoms with van der Waals surface area (Å²) in [5.74, 6) is 0.218. The lowest BCUT2D eigenvalue weighted by Gasteiger charge is -2.33. The highest BCUT2D eigenvalue weighted by atomic mass is 16.2. The monoisotopic (exact) mass is 439 g/mol. The predicted octanol–water partition coefficient (Wildman–Crippen LogP) is 4.25. The van der Waals surface area contributed by atoms with Gasteiger partial charge in [-0.25, -0.2) is 0 Å². The number of hydrogen-bond acceptors (Lipinski definition) is 3. The van der Waals surface area contributed by atoms with Crippen LogP contribution in [0.5, 0.6) is 0 Å². The Bertz CT molecular complexity index is 1160. The molecule has 1 saturated heterocycles. The van der Waals surface area contributed by atoms with E-state index in [1.165, 1.54) is 5.56 Å². The van der Waals surface area contributed by atoms with Crippen LogP contribution in [0.4, 0.5) is 5.69 Å². The van der Waals surface area contributed by atoms with Crippen molar-refractivity contribution in [3.8, 4) is 11.1 Å². The van der Waals surface area contributed by atoms with Gasteiger partial charge in [-0.05, 0) is 59.7 Å². The van der Waals surface area contributed by atoms with Crippen LogP contribution in [-0.2, 0) is 17.8 Å². The number of anilines is 1. The Labute approximate surface area is 194 Å². The van der Waals surface area contributed by atoms with E-state index in [1.54, 1.807) is 0 Å². The molecule has 0 saturated carbocycles. The minimum Gasteiger partial charge on any atom is -0.339 e. The van der Waals surface area contributed by atoms with Gasteiger partial charge in [-0.15, -0.1) is 0 Å². The van der Waals surface area contributed by atoms with Gasteiger partial charge in [-0.3, -0.25) is 9.59 Å². The molecule has 2 amide bonds. The fourth-order valence-electron chi connectivity index (χ4n) is 4.96. The maximum Gasteiger partial charge on any atom is 0.253 e. The second kappa shape index (κ2) is 9.20. The third kappa shape index (κ3) is 4.29. The molecular weight excluding hydrogens is 410 g/mol. The number of likely N-dealkylation sites (tertiary alicyclic amines) is 1. The van der Waals surface area contributed by atoms with Crippen LogP contribution in [0, 0.1) is 5.92 Å². The lowest BCUT2D eigenvalue weighted by atomic mass is 9.94. The molecule has 0 aromatic heterocycles. The molecule has 0 radical (unpaired) electrons. The summed E-state index contributed by atoms with van der Waals surface area (Å²) in [5.41, 5.74) is 11.9. The summed E-state index contributed by atoms with van der Waals surface area (Å²) in [7, 11) is 0. The van der Waals surface area contributed by atoms with E-state index in [0.29, 0.717) is 38.0 Å². The van der Waals surface area contributed by atoms with Crippen LogP contribution >= 0.6 is 0 Å². The smallest absolute Gasteiger partial charge is 0.253 e. The number of nitrogens with zero attached hydrogens (tertiary/aromatic N) is 2. The van der Waals surface area contributed by atoms with E-state index in [4.69, 9.17) is 5.73 Å². The number of carbonyl (C=O) groups excluding carboxylic acids is 2. The molecule has 33 heavy (non-hydrogen) atoms. The van der Waals surface area contributed by atoms with E-state index < -0.39 is 0 Å². The van der Waals surface area contributed by atoms with Crippen molar-refractivity contribution in [1.29, 1.82) is 0 Å². The normalized spacial score (nSPS) is 16.0. The molecule has 5 heteroatoms. The Morgan fingerprint density at radius 1 is 0.848 bits per heavy atom. The quantitative estimate of drug-likeness (QED) is 0.661. The molecule has 5 rings (SSSR count). The summed E-state index contributed by atoms with van der Waals surface area (Å²) in [6.07, 6.45) is 2.34. The van der Waals surface area contributed by atoms with E-state index in [1.807, 2.05) is 76.5 Å². The minimum absolute atomic E-state index is 0.0207. The third-order valence-corrected chi connectivity index (χ3v) is 6.92. The number of amides is 2. The van der Waals surface area contributed by atoms with Crippen molar-refractivity contribution in [3.05, 3.63) is 89.5 Å². The second-order valence-corrected chi connectivity index (χ2v) is 8.92. The lowest BCUT2D eigenvalue weighted by molar-refractivity contribution is -0.123. The van der Waals surface area contributed by atoms with E-state index in [9.17, 15) is 9.59 Å². The molecular formula is C28H29N3O2. The maximum absolute atomic E-state index is 13.2. The van der Waals surface area contributed by atoms with Crippen molar-refractivity contribution < 1.29 is 9.59 Å². The van der Waals surface area contributed by atoms with Gasteiger partial charge in [0.15, 0.2) is 0 Å². The molecule has 5 nitrogen and oxygen atoms in total. The molecule has 0 unspecified atom stereocenters. The zero-order valence-corrected chi connectivity index (χ0v) is 18.7. The Morgan fingerprint density at radius 3 is 2.36 bits per heavy atom. The van der Waals surface area contributed by atoms with Gasteiger partial charge < -0.3 is 15.5 Å². The average Bonchev–Trinajstić information content (AvgIpc) is 3.32. The Kier molecular flexibility index (Phi) is 5.97. The number of nitrogens with two attached hydrogens (primary N) is 1. The summed E-state index contributed by atoms with van der Waals surface area (Å²) in [4.78, 5) is 30.2. The Balaban J connectivity index is 1.23. The van der Waals surface area contributed by atoms with Crippen LogP contribution in [0.15, 0.2) is 72.8 Å². The van der Waals surface area contributed by atoms with Crippen LogP contribution in [0.2, 0.25) is 0 Å². The topological polar surface area (TPSA) is 66.6 Å². The molecule has 0 aliphatic carbocycles. The lowest BCUT2D eigenvalue weighted by Crippen LogP contribution is -2.44. The molecule has 2 heterocycles. The highest BCUT2D eigenvalue weighted by Gasteiger charge is 2.33. The number of rotatable bonds is 4. The van der Waals surface area contributed by atoms with Crippen LogP contribution in [0.3, 0.4) is 0 Å². The molecule has 0 spiro atoms. The van der Waals surface area contributed by atoms with E-state index in [2.05, 4.69) is 6.07 Å². The molecule has 3 aromatic carbocycles. The molecule has 1 fully saturated rings. The van der Waals surface area contributed by atoms with Gasteiger partial charge in [0.1, 0.15) is 0 Å². The number of carbonyl (C=O) groups is 2. The average molecular weight is 440 g/mol. The largest absolute Gasteiger partial charge is 0.339 e. The van der Waals surface area contributed by atoms with Crippen molar-refractivity contribution in [2.24, 2.45) is 11.7 Å². The van der Waals surface area contributed by atoms with Gasteiger partial charge >= 0.3 is 0 Å². The van der Waals surface area contributed by atoms with Gasteiger partial charge in [0.05, 0.1) is 0 Å². The molecule has 3 aromatic rings. The summed E-state index contributed by atoms with van der Waals surface area (Å²) in [5, 5.41) is 0. The molecule has 2 N–H and O–H groups in total. The van der Waals surface area contributed by atoms with Gasteiger partial charge in [-0.2, -0.15) is 0 Å². The molecule has 168 valence electrons. The molecule has 0 bridgehead atoms. The number of hydrogen-bond donors (Lipinski definition) is 1. The fourth-order valence-corrected chi connectivity index (χ4v) is 4.96. The summed E-state index contributed by atoms with van der Waals surface area (Å²) in [6, 6.07) is 24.1. The van der Waals surface area contributed by atoms with Crippen molar-refractivity contribution >= 4 is 17.5 Å². The van der Waals surface area contributed by atoms with E-state index in [0.717, 1.165) is 35.3 Å². The standard InChI is InChI=1S/C28H29N3O2/c29-19-20-8-10-21(11-9-20)24-5-3-6-25(18-24)27(32)30-15-12-23(13-16-30)28(33)31-17-14-22-4-1-2-7-26(22)31/h1-11,18,23H,12-17,19,29H2. The van der Waals surface area contributed by atoms with Gasteiger partial charge in [0.25, 0.3) is 5.91 Å². The Morgan fingerprint density at radius 2 is 1.61 bits per heavy atom. The SMILES string of the molecule is NCc1ccc(-c2cccc(C(=O)N3CCC(C(=O)N4CCc5ccccc54)CC3)c2)cc1. The minimum atomic E-state index is -0.0207. The van der Waals surface area contributed by atoms with Crippen LogP contribution in [-0.4, -0.2) is 36.3 Å².